The Morgan fingerprint density at radius 1 is 1.09 bits per heavy atom. The van der Waals surface area contributed by atoms with Crippen LogP contribution in [-0.4, -0.2) is 35.5 Å². The van der Waals surface area contributed by atoms with Crippen molar-refractivity contribution in [1.29, 1.82) is 5.41 Å². The summed E-state index contributed by atoms with van der Waals surface area (Å²) >= 11 is 0. The van der Waals surface area contributed by atoms with Gasteiger partial charge in [-0.1, -0.05) is 13.8 Å². The maximum Gasteiger partial charge on any atom is 0.107 e. The van der Waals surface area contributed by atoms with Gasteiger partial charge in [0, 0.05) is 19.6 Å². The van der Waals surface area contributed by atoms with E-state index in [1.807, 2.05) is 11.9 Å². The van der Waals surface area contributed by atoms with Gasteiger partial charge in [-0.2, -0.15) is 0 Å². The van der Waals surface area contributed by atoms with Crippen molar-refractivity contribution in [2.45, 2.75) is 27.7 Å². The van der Waals surface area contributed by atoms with Gasteiger partial charge in [-0.05, 0) is 13.8 Å². The fraction of sp³-hybridized carbons (Fsp3) is 0.875. The molecule has 3 heteroatoms. The quantitative estimate of drug-likeness (QED) is 0.381. The third kappa shape index (κ3) is 2.89. The highest BCUT2D eigenvalue weighted by Crippen LogP contribution is 1.97. The van der Waals surface area contributed by atoms with Crippen LogP contribution in [0.3, 0.4) is 0 Å². The topological polar surface area (TPSA) is 30.3 Å². The van der Waals surface area contributed by atoms with Crippen LogP contribution in [0.5, 0.6) is 0 Å². The minimum Gasteiger partial charge on any atom is -0.294 e. The van der Waals surface area contributed by atoms with E-state index in [4.69, 9.17) is 5.41 Å². The molecular weight excluding hydrogens is 138 g/mol. The van der Waals surface area contributed by atoms with Crippen molar-refractivity contribution in [2.24, 2.45) is 0 Å². The minimum absolute atomic E-state index is 0.621. The molecule has 0 spiro atoms. The molecule has 0 aromatic heterocycles. The number of rotatable bonds is 4. The van der Waals surface area contributed by atoms with Crippen molar-refractivity contribution in [2.75, 3.05) is 19.6 Å². The third-order valence-corrected chi connectivity index (χ3v) is 1.76. The van der Waals surface area contributed by atoms with Gasteiger partial charge in [0.2, 0.25) is 0 Å². The molecule has 3 nitrogen and oxygen atoms in total. The average molecular weight is 157 g/mol. The SMILES string of the molecule is CCN(CC)N(CC)C(C)=N. The van der Waals surface area contributed by atoms with E-state index in [1.165, 1.54) is 0 Å². The zero-order valence-corrected chi connectivity index (χ0v) is 8.02. The number of hydrogen-bond donors (Lipinski definition) is 1. The van der Waals surface area contributed by atoms with Crippen LogP contribution < -0.4 is 0 Å². The standard InChI is InChI=1S/C8H19N3/c1-5-10(6-2)11(7-3)8(4)9/h9H,5-7H2,1-4H3. The fourth-order valence-electron chi connectivity index (χ4n) is 1.21. The van der Waals surface area contributed by atoms with Crippen LogP contribution in [0, 0.1) is 5.41 Å². The number of nitrogens with zero attached hydrogens (tertiary/aromatic N) is 2. The first-order valence-corrected chi connectivity index (χ1v) is 4.24. The Morgan fingerprint density at radius 3 is 1.64 bits per heavy atom. The van der Waals surface area contributed by atoms with E-state index in [0.29, 0.717) is 5.84 Å². The van der Waals surface area contributed by atoms with Crippen LogP contribution in [0.2, 0.25) is 0 Å². The molecule has 0 rings (SSSR count). The lowest BCUT2D eigenvalue weighted by Gasteiger charge is -2.33. The summed E-state index contributed by atoms with van der Waals surface area (Å²) in [6, 6.07) is 0. The lowest BCUT2D eigenvalue weighted by Crippen LogP contribution is -2.44. The van der Waals surface area contributed by atoms with Gasteiger partial charge in [-0.25, -0.2) is 5.01 Å². The lowest BCUT2D eigenvalue weighted by molar-refractivity contribution is 0.0605. The van der Waals surface area contributed by atoms with E-state index in [2.05, 4.69) is 25.8 Å². The van der Waals surface area contributed by atoms with Crippen molar-refractivity contribution in [3.8, 4) is 0 Å². The molecule has 0 amide bonds. The Balaban J connectivity index is 4.09. The third-order valence-electron chi connectivity index (χ3n) is 1.76. The first-order chi connectivity index (χ1) is 5.17. The van der Waals surface area contributed by atoms with E-state index in [-0.39, 0.29) is 0 Å². The van der Waals surface area contributed by atoms with Crippen LogP contribution in [0.1, 0.15) is 27.7 Å². The van der Waals surface area contributed by atoms with Gasteiger partial charge in [-0.15, -0.1) is 0 Å². The van der Waals surface area contributed by atoms with Gasteiger partial charge < -0.3 is 0 Å². The Bertz CT molecular complexity index is 119. The number of hydrazine groups is 1. The normalized spacial score (nSPS) is 10.3. The van der Waals surface area contributed by atoms with Crippen molar-refractivity contribution in [3.05, 3.63) is 0 Å². The van der Waals surface area contributed by atoms with Gasteiger partial charge in [0.25, 0.3) is 0 Å². The highest BCUT2D eigenvalue weighted by molar-refractivity contribution is 5.75. The van der Waals surface area contributed by atoms with Crippen molar-refractivity contribution in [3.63, 3.8) is 0 Å². The highest BCUT2D eigenvalue weighted by atomic mass is 15.6. The minimum atomic E-state index is 0.621. The van der Waals surface area contributed by atoms with E-state index in [0.717, 1.165) is 19.6 Å². The molecule has 11 heavy (non-hydrogen) atoms. The fourth-order valence-corrected chi connectivity index (χ4v) is 1.21. The molecular formula is C8H19N3. The summed E-state index contributed by atoms with van der Waals surface area (Å²) in [5.74, 6) is 0.621. The molecule has 0 heterocycles. The summed E-state index contributed by atoms with van der Waals surface area (Å²) in [7, 11) is 0. The summed E-state index contributed by atoms with van der Waals surface area (Å²) in [6.45, 7) is 10.9. The Hall–Kier alpha value is -0.570. The molecule has 0 aliphatic rings. The van der Waals surface area contributed by atoms with E-state index < -0.39 is 0 Å². The van der Waals surface area contributed by atoms with Gasteiger partial charge >= 0.3 is 0 Å². The van der Waals surface area contributed by atoms with Gasteiger partial charge in [0.05, 0.1) is 0 Å². The van der Waals surface area contributed by atoms with Gasteiger partial charge in [-0.3, -0.25) is 10.4 Å². The van der Waals surface area contributed by atoms with Crippen molar-refractivity contribution < 1.29 is 0 Å². The molecule has 0 atom stereocenters. The Kier molecular flexibility index (Phi) is 4.86. The molecule has 0 aliphatic carbocycles. The molecule has 0 fully saturated rings. The van der Waals surface area contributed by atoms with Crippen LogP contribution in [0.15, 0.2) is 0 Å². The molecule has 0 unspecified atom stereocenters. The largest absolute Gasteiger partial charge is 0.294 e. The zero-order valence-electron chi connectivity index (χ0n) is 8.02. The molecule has 0 saturated carbocycles. The van der Waals surface area contributed by atoms with Crippen LogP contribution in [0.25, 0.3) is 0 Å². The second-order valence-electron chi connectivity index (χ2n) is 2.44. The molecule has 0 bridgehead atoms. The van der Waals surface area contributed by atoms with Crippen molar-refractivity contribution in [1.82, 2.24) is 10.0 Å². The first-order valence-electron chi connectivity index (χ1n) is 4.24. The predicted molar refractivity (Wildman–Crippen MR) is 48.7 cm³/mol. The van der Waals surface area contributed by atoms with Crippen LogP contribution >= 0.6 is 0 Å². The van der Waals surface area contributed by atoms with Gasteiger partial charge in [0.15, 0.2) is 0 Å². The number of nitrogens with one attached hydrogen (secondary N) is 1. The monoisotopic (exact) mass is 157 g/mol. The maximum atomic E-state index is 7.47. The summed E-state index contributed by atoms with van der Waals surface area (Å²) < 4.78 is 0. The smallest absolute Gasteiger partial charge is 0.107 e. The van der Waals surface area contributed by atoms with Crippen molar-refractivity contribution >= 4 is 5.84 Å². The number of hydrogen-bond acceptors (Lipinski definition) is 2. The Morgan fingerprint density at radius 2 is 1.55 bits per heavy atom. The van der Waals surface area contributed by atoms with E-state index in [9.17, 15) is 0 Å². The highest BCUT2D eigenvalue weighted by Gasteiger charge is 2.08. The summed E-state index contributed by atoms with van der Waals surface area (Å²) in [6.07, 6.45) is 0. The molecule has 0 aromatic carbocycles. The zero-order chi connectivity index (χ0) is 8.85. The molecule has 66 valence electrons. The van der Waals surface area contributed by atoms with E-state index >= 15 is 0 Å². The maximum absolute atomic E-state index is 7.47. The average Bonchev–Trinajstić information content (AvgIpc) is 1.99. The summed E-state index contributed by atoms with van der Waals surface area (Å²) in [5, 5.41) is 11.6. The molecule has 1 N–H and O–H groups in total. The lowest BCUT2D eigenvalue weighted by atomic mass is 10.5. The summed E-state index contributed by atoms with van der Waals surface area (Å²) in [5.41, 5.74) is 0. The predicted octanol–water partition coefficient (Wildman–Crippen LogP) is 1.56. The Labute approximate surface area is 69.5 Å². The molecule has 0 saturated heterocycles. The van der Waals surface area contributed by atoms with E-state index in [1.54, 1.807) is 0 Å². The second kappa shape index (κ2) is 5.13. The summed E-state index contributed by atoms with van der Waals surface area (Å²) in [4.78, 5) is 0. The molecule has 0 radical (unpaired) electrons. The molecule has 0 aliphatic heterocycles. The number of amidine groups is 1. The van der Waals surface area contributed by atoms with Crippen LogP contribution in [-0.2, 0) is 0 Å². The van der Waals surface area contributed by atoms with Crippen LogP contribution in [0.4, 0.5) is 0 Å². The second-order valence-corrected chi connectivity index (χ2v) is 2.44. The first kappa shape index (κ1) is 10.4. The van der Waals surface area contributed by atoms with Gasteiger partial charge in [0.1, 0.15) is 5.84 Å². The molecule has 0 aromatic rings.